The molecule has 1 N–H and O–H groups in total. The van der Waals surface area contributed by atoms with E-state index < -0.39 is 12.0 Å². The molecule has 1 aromatic carbocycles. The van der Waals surface area contributed by atoms with Crippen molar-refractivity contribution in [1.29, 1.82) is 0 Å². The van der Waals surface area contributed by atoms with Crippen LogP contribution in [0.25, 0.3) is 0 Å². The number of nitrogens with zero attached hydrogens (tertiary/aromatic N) is 1. The smallest absolute Gasteiger partial charge is 0.317 e. The van der Waals surface area contributed by atoms with Crippen molar-refractivity contribution in [3.63, 3.8) is 0 Å². The van der Waals surface area contributed by atoms with E-state index in [1.165, 1.54) is 10.5 Å². The molecule has 0 aliphatic rings. The second-order valence-electron chi connectivity index (χ2n) is 5.13. The van der Waals surface area contributed by atoms with Crippen LogP contribution in [0, 0.1) is 0 Å². The molecular formula is C15H21NO3. The average molecular weight is 263 g/mol. The normalized spacial score (nSPS) is 12.7. The van der Waals surface area contributed by atoms with Crippen LogP contribution in [0.15, 0.2) is 24.3 Å². The molecule has 1 unspecified atom stereocenters. The van der Waals surface area contributed by atoms with Crippen LogP contribution in [0.2, 0.25) is 0 Å². The lowest BCUT2D eigenvalue weighted by atomic mass is 9.98. The van der Waals surface area contributed by atoms with E-state index in [1.54, 1.807) is 14.0 Å². The predicted molar refractivity (Wildman–Crippen MR) is 74.6 cm³/mol. The molecule has 0 aliphatic carbocycles. The van der Waals surface area contributed by atoms with Gasteiger partial charge in [-0.1, -0.05) is 38.1 Å². The van der Waals surface area contributed by atoms with Crippen molar-refractivity contribution < 1.29 is 14.7 Å². The van der Waals surface area contributed by atoms with Gasteiger partial charge in [-0.05, 0) is 25.5 Å². The SMILES string of the molecule is CC(C)c1ccc(C(=O)C(C)N(C)CC(=O)O)cc1. The maximum Gasteiger partial charge on any atom is 0.317 e. The summed E-state index contributed by atoms with van der Waals surface area (Å²) in [5.41, 5.74) is 1.80. The van der Waals surface area contributed by atoms with Crippen LogP contribution >= 0.6 is 0 Å². The number of carbonyl (C=O) groups excluding carboxylic acids is 1. The fourth-order valence-electron chi connectivity index (χ4n) is 1.82. The molecule has 0 saturated heterocycles. The molecule has 0 spiro atoms. The number of Topliss-reactive ketones (excluding diaryl/α,β-unsaturated/α-hetero) is 1. The van der Waals surface area contributed by atoms with Crippen LogP contribution in [0.1, 0.15) is 42.6 Å². The fraction of sp³-hybridized carbons (Fsp3) is 0.467. The third-order valence-electron chi connectivity index (χ3n) is 3.29. The standard InChI is InChI=1S/C15H21NO3/c1-10(2)12-5-7-13(8-6-12)15(19)11(3)16(4)9-14(17)18/h5-8,10-11H,9H2,1-4H3,(H,17,18). The Labute approximate surface area is 114 Å². The summed E-state index contributed by atoms with van der Waals surface area (Å²) in [6.07, 6.45) is 0. The summed E-state index contributed by atoms with van der Waals surface area (Å²) in [5, 5.41) is 8.73. The van der Waals surface area contributed by atoms with Gasteiger partial charge in [0.25, 0.3) is 0 Å². The zero-order valence-electron chi connectivity index (χ0n) is 11.9. The molecule has 0 fully saturated rings. The second kappa shape index (κ2) is 6.48. The zero-order chi connectivity index (χ0) is 14.6. The first-order chi connectivity index (χ1) is 8.82. The summed E-state index contributed by atoms with van der Waals surface area (Å²) in [4.78, 5) is 24.4. The number of rotatable bonds is 6. The summed E-state index contributed by atoms with van der Waals surface area (Å²) in [5.74, 6) is -0.562. The molecule has 0 aliphatic heterocycles. The minimum atomic E-state index is -0.933. The Balaban J connectivity index is 2.79. The van der Waals surface area contributed by atoms with Gasteiger partial charge in [0.05, 0.1) is 12.6 Å². The van der Waals surface area contributed by atoms with Crippen LogP contribution in [-0.2, 0) is 4.79 Å². The fourth-order valence-corrected chi connectivity index (χ4v) is 1.82. The molecule has 0 bridgehead atoms. The van der Waals surface area contributed by atoms with E-state index in [9.17, 15) is 9.59 Å². The maximum absolute atomic E-state index is 12.2. The monoisotopic (exact) mass is 263 g/mol. The lowest BCUT2D eigenvalue weighted by Crippen LogP contribution is -2.39. The van der Waals surface area contributed by atoms with E-state index in [0.29, 0.717) is 11.5 Å². The number of aliphatic carboxylic acids is 1. The lowest BCUT2D eigenvalue weighted by molar-refractivity contribution is -0.138. The molecule has 1 atom stereocenters. The molecule has 19 heavy (non-hydrogen) atoms. The van der Waals surface area contributed by atoms with Crippen molar-refractivity contribution >= 4 is 11.8 Å². The number of hydrogen-bond donors (Lipinski definition) is 1. The molecule has 0 heterocycles. The van der Waals surface area contributed by atoms with Crippen molar-refractivity contribution in [3.05, 3.63) is 35.4 Å². The number of ketones is 1. The van der Waals surface area contributed by atoms with Crippen LogP contribution in [0.3, 0.4) is 0 Å². The highest BCUT2D eigenvalue weighted by atomic mass is 16.4. The highest BCUT2D eigenvalue weighted by molar-refractivity contribution is 6.00. The molecule has 0 amide bonds. The minimum Gasteiger partial charge on any atom is -0.480 e. The molecule has 0 radical (unpaired) electrons. The van der Waals surface area contributed by atoms with E-state index in [4.69, 9.17) is 5.11 Å². The maximum atomic E-state index is 12.2. The molecule has 0 saturated carbocycles. The molecular weight excluding hydrogens is 242 g/mol. The Morgan fingerprint density at radius 3 is 2.11 bits per heavy atom. The van der Waals surface area contributed by atoms with Crippen molar-refractivity contribution in [1.82, 2.24) is 4.90 Å². The number of benzene rings is 1. The number of carboxylic acids is 1. The van der Waals surface area contributed by atoms with Gasteiger partial charge in [0.2, 0.25) is 0 Å². The van der Waals surface area contributed by atoms with Crippen molar-refractivity contribution in [2.24, 2.45) is 0 Å². The quantitative estimate of drug-likeness (QED) is 0.801. The van der Waals surface area contributed by atoms with Gasteiger partial charge in [-0.3, -0.25) is 14.5 Å². The van der Waals surface area contributed by atoms with Gasteiger partial charge < -0.3 is 5.11 Å². The van der Waals surface area contributed by atoms with Gasteiger partial charge in [0.15, 0.2) is 5.78 Å². The number of carbonyl (C=O) groups is 2. The minimum absolute atomic E-state index is 0.0564. The first kappa shape index (κ1) is 15.4. The van der Waals surface area contributed by atoms with Crippen LogP contribution in [0.5, 0.6) is 0 Å². The zero-order valence-corrected chi connectivity index (χ0v) is 11.9. The van der Waals surface area contributed by atoms with Crippen molar-refractivity contribution in [2.75, 3.05) is 13.6 Å². The molecule has 104 valence electrons. The molecule has 0 aromatic heterocycles. The third kappa shape index (κ3) is 4.17. The highest BCUT2D eigenvalue weighted by Gasteiger charge is 2.21. The summed E-state index contributed by atoms with van der Waals surface area (Å²) < 4.78 is 0. The van der Waals surface area contributed by atoms with E-state index in [-0.39, 0.29) is 12.3 Å². The Morgan fingerprint density at radius 1 is 1.16 bits per heavy atom. The van der Waals surface area contributed by atoms with Gasteiger partial charge in [-0.2, -0.15) is 0 Å². The number of hydrogen-bond acceptors (Lipinski definition) is 3. The van der Waals surface area contributed by atoms with Gasteiger partial charge in [0.1, 0.15) is 0 Å². The average Bonchev–Trinajstić information content (AvgIpc) is 2.36. The molecule has 1 rings (SSSR count). The Morgan fingerprint density at radius 2 is 1.68 bits per heavy atom. The van der Waals surface area contributed by atoms with E-state index in [1.807, 2.05) is 24.3 Å². The lowest BCUT2D eigenvalue weighted by Gasteiger charge is -2.21. The van der Waals surface area contributed by atoms with Gasteiger partial charge in [0, 0.05) is 5.56 Å². The largest absolute Gasteiger partial charge is 0.480 e. The van der Waals surface area contributed by atoms with Gasteiger partial charge in [-0.25, -0.2) is 0 Å². The van der Waals surface area contributed by atoms with Crippen LogP contribution < -0.4 is 0 Å². The summed E-state index contributed by atoms with van der Waals surface area (Å²) in [6, 6.07) is 7.07. The van der Waals surface area contributed by atoms with E-state index >= 15 is 0 Å². The Hall–Kier alpha value is -1.68. The van der Waals surface area contributed by atoms with Crippen molar-refractivity contribution in [3.8, 4) is 0 Å². The summed E-state index contributed by atoms with van der Waals surface area (Å²) >= 11 is 0. The third-order valence-corrected chi connectivity index (χ3v) is 3.29. The van der Waals surface area contributed by atoms with Crippen molar-refractivity contribution in [2.45, 2.75) is 32.7 Å². The molecule has 4 nitrogen and oxygen atoms in total. The van der Waals surface area contributed by atoms with Gasteiger partial charge >= 0.3 is 5.97 Å². The summed E-state index contributed by atoms with van der Waals surface area (Å²) in [7, 11) is 1.64. The topological polar surface area (TPSA) is 57.6 Å². The molecule has 1 aromatic rings. The van der Waals surface area contributed by atoms with Crippen LogP contribution in [-0.4, -0.2) is 41.4 Å². The Bertz CT molecular complexity index is 451. The predicted octanol–water partition coefficient (Wildman–Crippen LogP) is 2.40. The van der Waals surface area contributed by atoms with E-state index in [0.717, 1.165) is 0 Å². The highest BCUT2D eigenvalue weighted by Crippen LogP contribution is 2.16. The number of likely N-dealkylation sites (N-methyl/N-ethyl adjacent to an activating group) is 1. The second-order valence-corrected chi connectivity index (χ2v) is 5.13. The van der Waals surface area contributed by atoms with Crippen LogP contribution in [0.4, 0.5) is 0 Å². The first-order valence-electron chi connectivity index (χ1n) is 6.39. The van der Waals surface area contributed by atoms with Gasteiger partial charge in [-0.15, -0.1) is 0 Å². The molecule has 4 heteroatoms. The number of carboxylic acid groups (broad SMARTS) is 1. The van der Waals surface area contributed by atoms with E-state index in [2.05, 4.69) is 13.8 Å². The Kier molecular flexibility index (Phi) is 5.24. The first-order valence-corrected chi connectivity index (χ1v) is 6.39. The summed E-state index contributed by atoms with van der Waals surface area (Å²) in [6.45, 7) is 5.78.